The molecule has 1 N–H and O–H groups in total. The van der Waals surface area contributed by atoms with Crippen LogP contribution in [0.2, 0.25) is 0 Å². The molecule has 0 spiro atoms. The van der Waals surface area contributed by atoms with Crippen molar-refractivity contribution >= 4 is 23.4 Å². The number of benzene rings is 2. The molecule has 0 aromatic heterocycles. The predicted octanol–water partition coefficient (Wildman–Crippen LogP) is 3.68. The van der Waals surface area contributed by atoms with E-state index in [0.717, 1.165) is 30.5 Å². The molecule has 4 rings (SSSR count). The lowest BCUT2D eigenvalue weighted by atomic mass is 9.82. The summed E-state index contributed by atoms with van der Waals surface area (Å²) >= 11 is 0. The van der Waals surface area contributed by atoms with Crippen molar-refractivity contribution in [2.24, 2.45) is 5.92 Å². The molecule has 180 valence electrons. The standard InChI is InChI=1S/C27H33N3O4/c1-3-34-25(31)17-19-4-5-20-10-11-24(18-23(20)16-19)29(2)27(32)22-8-6-21(7-9-22)26(28)30-12-14-33-15-13-30/h6-11,18-19,28H,3-5,12-17H2,1-2H3. The molecule has 0 radical (unpaired) electrons. The molecule has 1 heterocycles. The van der Waals surface area contributed by atoms with Crippen LogP contribution in [0, 0.1) is 11.3 Å². The maximum atomic E-state index is 13.2. The zero-order valence-corrected chi connectivity index (χ0v) is 20.0. The number of nitrogens with one attached hydrogen (secondary N) is 1. The quantitative estimate of drug-likeness (QED) is 0.401. The van der Waals surface area contributed by atoms with Crippen LogP contribution in [0.15, 0.2) is 42.5 Å². The highest BCUT2D eigenvalue weighted by atomic mass is 16.5. The van der Waals surface area contributed by atoms with Crippen molar-refractivity contribution in [2.75, 3.05) is 44.9 Å². The molecule has 0 saturated carbocycles. The summed E-state index contributed by atoms with van der Waals surface area (Å²) in [6, 6.07) is 13.4. The van der Waals surface area contributed by atoms with Crippen LogP contribution in [0.1, 0.15) is 46.8 Å². The summed E-state index contributed by atoms with van der Waals surface area (Å²) in [6.45, 7) is 4.92. The molecule has 1 fully saturated rings. The number of ether oxygens (including phenoxy) is 2. The molecule has 2 aromatic carbocycles. The number of amides is 1. The highest BCUT2D eigenvalue weighted by Crippen LogP contribution is 2.31. The molecular weight excluding hydrogens is 430 g/mol. The number of rotatable bonds is 6. The number of fused-ring (bicyclic) bond motifs is 1. The highest BCUT2D eigenvalue weighted by molar-refractivity contribution is 6.06. The van der Waals surface area contributed by atoms with Gasteiger partial charge in [0.1, 0.15) is 5.84 Å². The van der Waals surface area contributed by atoms with Crippen molar-refractivity contribution in [3.8, 4) is 0 Å². The van der Waals surface area contributed by atoms with Crippen LogP contribution in [0.5, 0.6) is 0 Å². The Balaban J connectivity index is 1.42. The summed E-state index contributed by atoms with van der Waals surface area (Å²) in [5.41, 5.74) is 4.70. The number of nitrogens with zero attached hydrogens (tertiary/aromatic N) is 2. The molecular formula is C27H33N3O4. The minimum Gasteiger partial charge on any atom is -0.466 e. The van der Waals surface area contributed by atoms with Gasteiger partial charge in [-0.15, -0.1) is 0 Å². The Morgan fingerprint density at radius 1 is 1.09 bits per heavy atom. The Hall–Kier alpha value is -3.19. The summed E-state index contributed by atoms with van der Waals surface area (Å²) in [6.07, 6.45) is 3.18. The van der Waals surface area contributed by atoms with Gasteiger partial charge in [-0.05, 0) is 67.5 Å². The fourth-order valence-electron chi connectivity index (χ4n) is 4.71. The highest BCUT2D eigenvalue weighted by Gasteiger charge is 2.23. The molecule has 1 saturated heterocycles. The van der Waals surface area contributed by atoms with Gasteiger partial charge >= 0.3 is 5.97 Å². The second-order valence-electron chi connectivity index (χ2n) is 8.96. The topological polar surface area (TPSA) is 82.9 Å². The second kappa shape index (κ2) is 10.8. The first-order valence-electron chi connectivity index (χ1n) is 12.0. The molecule has 1 atom stereocenters. The molecule has 34 heavy (non-hydrogen) atoms. The normalized spacial score (nSPS) is 17.6. The van der Waals surface area contributed by atoms with Crippen LogP contribution in [-0.4, -0.2) is 62.6 Å². The summed E-state index contributed by atoms with van der Waals surface area (Å²) in [7, 11) is 1.78. The lowest BCUT2D eigenvalue weighted by molar-refractivity contribution is -0.144. The molecule has 1 unspecified atom stereocenters. The van der Waals surface area contributed by atoms with Gasteiger partial charge in [-0.25, -0.2) is 0 Å². The molecule has 2 aliphatic rings. The van der Waals surface area contributed by atoms with E-state index in [4.69, 9.17) is 14.9 Å². The Morgan fingerprint density at radius 2 is 1.79 bits per heavy atom. The third-order valence-electron chi connectivity index (χ3n) is 6.71. The summed E-state index contributed by atoms with van der Waals surface area (Å²) < 4.78 is 10.5. The first kappa shape index (κ1) is 24.0. The Morgan fingerprint density at radius 3 is 2.50 bits per heavy atom. The van der Waals surface area contributed by atoms with Crippen LogP contribution < -0.4 is 4.90 Å². The lowest BCUT2D eigenvalue weighted by Gasteiger charge is -2.29. The molecule has 1 amide bonds. The monoisotopic (exact) mass is 463 g/mol. The van der Waals surface area contributed by atoms with Crippen molar-refractivity contribution < 1.29 is 19.1 Å². The number of esters is 1. The average Bonchev–Trinajstić information content (AvgIpc) is 2.87. The van der Waals surface area contributed by atoms with Crippen molar-refractivity contribution in [2.45, 2.75) is 32.6 Å². The van der Waals surface area contributed by atoms with Gasteiger partial charge in [0.15, 0.2) is 0 Å². The minimum absolute atomic E-state index is 0.0942. The van der Waals surface area contributed by atoms with Crippen LogP contribution in [0.4, 0.5) is 5.69 Å². The van der Waals surface area contributed by atoms with Crippen molar-refractivity contribution in [3.63, 3.8) is 0 Å². The third-order valence-corrected chi connectivity index (χ3v) is 6.71. The SMILES string of the molecule is CCOC(=O)CC1CCc2ccc(N(C)C(=O)c3ccc(C(=N)N4CCOCC4)cc3)cc2C1. The first-order chi connectivity index (χ1) is 16.5. The molecule has 2 aromatic rings. The maximum Gasteiger partial charge on any atom is 0.306 e. The minimum atomic E-state index is -0.135. The van der Waals surface area contributed by atoms with Crippen LogP contribution in [0.25, 0.3) is 0 Å². The number of amidine groups is 1. The first-order valence-corrected chi connectivity index (χ1v) is 12.0. The molecule has 1 aliphatic heterocycles. The Kier molecular flexibility index (Phi) is 7.63. The van der Waals surface area contributed by atoms with Gasteiger partial charge < -0.3 is 19.3 Å². The molecule has 7 nitrogen and oxygen atoms in total. The Bertz CT molecular complexity index is 1040. The smallest absolute Gasteiger partial charge is 0.306 e. The Labute approximate surface area is 201 Å². The van der Waals surface area contributed by atoms with E-state index in [-0.39, 0.29) is 17.8 Å². The van der Waals surface area contributed by atoms with E-state index in [1.807, 2.05) is 30.0 Å². The maximum absolute atomic E-state index is 13.2. The number of anilines is 1. The van der Waals surface area contributed by atoms with E-state index in [1.165, 1.54) is 11.1 Å². The van der Waals surface area contributed by atoms with Gasteiger partial charge in [-0.2, -0.15) is 0 Å². The number of carbonyl (C=O) groups excluding carboxylic acids is 2. The van der Waals surface area contributed by atoms with Gasteiger partial charge in [-0.3, -0.25) is 15.0 Å². The fourth-order valence-corrected chi connectivity index (χ4v) is 4.71. The van der Waals surface area contributed by atoms with Crippen LogP contribution >= 0.6 is 0 Å². The van der Waals surface area contributed by atoms with E-state index in [0.29, 0.717) is 50.7 Å². The van der Waals surface area contributed by atoms with E-state index in [9.17, 15) is 9.59 Å². The van der Waals surface area contributed by atoms with E-state index in [1.54, 1.807) is 24.1 Å². The summed E-state index contributed by atoms with van der Waals surface area (Å²) in [4.78, 5) is 28.7. The van der Waals surface area contributed by atoms with Crippen molar-refractivity contribution in [1.29, 1.82) is 5.41 Å². The van der Waals surface area contributed by atoms with E-state index >= 15 is 0 Å². The van der Waals surface area contributed by atoms with Crippen LogP contribution in [-0.2, 0) is 27.1 Å². The van der Waals surface area contributed by atoms with E-state index < -0.39 is 0 Å². The van der Waals surface area contributed by atoms with E-state index in [2.05, 4.69) is 12.1 Å². The molecule has 0 bridgehead atoms. The van der Waals surface area contributed by atoms with Gasteiger partial charge in [-0.1, -0.05) is 18.2 Å². The van der Waals surface area contributed by atoms with Gasteiger partial charge in [0.05, 0.1) is 19.8 Å². The fraction of sp³-hybridized carbons (Fsp3) is 0.444. The van der Waals surface area contributed by atoms with Gasteiger partial charge in [0.2, 0.25) is 0 Å². The second-order valence-corrected chi connectivity index (χ2v) is 8.96. The summed E-state index contributed by atoms with van der Waals surface area (Å²) in [5.74, 6) is 0.507. The number of carbonyl (C=O) groups is 2. The zero-order chi connectivity index (χ0) is 24.1. The largest absolute Gasteiger partial charge is 0.466 e. The van der Waals surface area contributed by atoms with Gasteiger partial charge in [0.25, 0.3) is 5.91 Å². The zero-order valence-electron chi connectivity index (χ0n) is 20.0. The number of morpholine rings is 1. The average molecular weight is 464 g/mol. The van der Waals surface area contributed by atoms with Crippen LogP contribution in [0.3, 0.4) is 0 Å². The van der Waals surface area contributed by atoms with Crippen molar-refractivity contribution in [1.82, 2.24) is 4.90 Å². The predicted molar refractivity (Wildman–Crippen MR) is 132 cm³/mol. The summed E-state index contributed by atoms with van der Waals surface area (Å²) in [5, 5.41) is 8.44. The molecule has 1 aliphatic carbocycles. The lowest BCUT2D eigenvalue weighted by Crippen LogP contribution is -2.40. The number of hydrogen-bond donors (Lipinski definition) is 1. The van der Waals surface area contributed by atoms with Crippen molar-refractivity contribution in [3.05, 3.63) is 64.7 Å². The third kappa shape index (κ3) is 5.47. The van der Waals surface area contributed by atoms with Gasteiger partial charge in [0, 0.05) is 43.4 Å². The molecule has 7 heteroatoms. The number of aryl methyl sites for hydroxylation is 1. The number of hydrogen-bond acceptors (Lipinski definition) is 5.